The average Bonchev–Trinajstić information content (AvgIpc) is 2.89. The second-order valence-corrected chi connectivity index (χ2v) is 5.83. The fourth-order valence-electron chi connectivity index (χ4n) is 2.04. The minimum atomic E-state index is -0.120. The predicted octanol–water partition coefficient (Wildman–Crippen LogP) is 3.73. The molecule has 20 heavy (non-hydrogen) atoms. The first-order valence-electron chi connectivity index (χ1n) is 6.14. The van der Waals surface area contributed by atoms with E-state index in [1.807, 2.05) is 31.2 Å². The Morgan fingerprint density at radius 1 is 1.25 bits per heavy atom. The third-order valence-electron chi connectivity index (χ3n) is 3.14. The smallest absolute Gasteiger partial charge is 0.255 e. The van der Waals surface area contributed by atoms with Crippen LogP contribution in [-0.4, -0.2) is 16.1 Å². The molecule has 3 rings (SSSR count). The van der Waals surface area contributed by atoms with Crippen molar-refractivity contribution in [1.82, 2.24) is 10.2 Å². The third-order valence-corrected chi connectivity index (χ3v) is 3.81. The molecule has 0 radical (unpaired) electrons. The van der Waals surface area contributed by atoms with Crippen molar-refractivity contribution in [1.29, 1.82) is 0 Å². The third kappa shape index (κ3) is 2.53. The van der Waals surface area contributed by atoms with E-state index in [0.29, 0.717) is 5.56 Å². The van der Waals surface area contributed by atoms with Crippen LogP contribution in [0.25, 0.3) is 10.9 Å². The Kier molecular flexibility index (Phi) is 3.43. The summed E-state index contributed by atoms with van der Waals surface area (Å²) < 4.78 is 1.15. The zero-order valence-corrected chi connectivity index (χ0v) is 12.9. The maximum Gasteiger partial charge on any atom is 0.255 e. The summed E-state index contributed by atoms with van der Waals surface area (Å²) in [7, 11) is 0. The number of aryl methyl sites for hydroxylation is 1. The summed E-state index contributed by atoms with van der Waals surface area (Å²) in [6, 6.07) is 11.4. The van der Waals surface area contributed by atoms with E-state index in [-0.39, 0.29) is 5.91 Å². The van der Waals surface area contributed by atoms with Gasteiger partial charge in [-0.3, -0.25) is 9.89 Å². The van der Waals surface area contributed by atoms with Gasteiger partial charge in [0.1, 0.15) is 0 Å². The highest BCUT2D eigenvalue weighted by molar-refractivity contribution is 14.1. The first-order valence-corrected chi connectivity index (χ1v) is 7.22. The molecule has 0 saturated carbocycles. The molecule has 2 aromatic carbocycles. The number of amides is 1. The van der Waals surface area contributed by atoms with Crippen molar-refractivity contribution in [3.8, 4) is 0 Å². The second-order valence-electron chi connectivity index (χ2n) is 4.59. The van der Waals surface area contributed by atoms with Crippen LogP contribution in [0.1, 0.15) is 15.9 Å². The number of hydrogen-bond acceptors (Lipinski definition) is 2. The highest BCUT2D eigenvalue weighted by atomic mass is 127. The minimum absolute atomic E-state index is 0.120. The number of halogens is 1. The number of H-pyrrole nitrogens is 1. The van der Waals surface area contributed by atoms with Crippen molar-refractivity contribution in [3.63, 3.8) is 0 Å². The molecule has 0 spiro atoms. The summed E-state index contributed by atoms with van der Waals surface area (Å²) in [5, 5.41) is 10.7. The lowest BCUT2D eigenvalue weighted by molar-refractivity contribution is 0.102. The van der Waals surface area contributed by atoms with Crippen molar-refractivity contribution < 1.29 is 4.79 Å². The van der Waals surface area contributed by atoms with E-state index in [1.54, 1.807) is 18.3 Å². The zero-order chi connectivity index (χ0) is 14.1. The van der Waals surface area contributed by atoms with Gasteiger partial charge in [0.2, 0.25) is 0 Å². The van der Waals surface area contributed by atoms with Gasteiger partial charge < -0.3 is 5.32 Å². The summed E-state index contributed by atoms with van der Waals surface area (Å²) in [6.07, 6.45) is 1.74. The molecule has 1 aromatic heterocycles. The van der Waals surface area contributed by atoms with Gasteiger partial charge in [-0.2, -0.15) is 5.10 Å². The summed E-state index contributed by atoms with van der Waals surface area (Å²) in [5.74, 6) is -0.120. The largest absolute Gasteiger partial charge is 0.322 e. The Balaban J connectivity index is 1.88. The first-order chi connectivity index (χ1) is 9.63. The molecule has 0 aliphatic heterocycles. The van der Waals surface area contributed by atoms with Crippen LogP contribution in [0.3, 0.4) is 0 Å². The quantitative estimate of drug-likeness (QED) is 0.669. The highest BCUT2D eigenvalue weighted by Crippen LogP contribution is 2.19. The average molecular weight is 377 g/mol. The van der Waals surface area contributed by atoms with E-state index >= 15 is 0 Å². The van der Waals surface area contributed by atoms with Crippen LogP contribution in [0.2, 0.25) is 0 Å². The maximum absolute atomic E-state index is 12.3. The minimum Gasteiger partial charge on any atom is -0.322 e. The Labute approximate surface area is 129 Å². The van der Waals surface area contributed by atoms with Crippen molar-refractivity contribution in [2.45, 2.75) is 6.92 Å². The number of aromatic amines is 1. The molecular weight excluding hydrogens is 365 g/mol. The number of nitrogens with one attached hydrogen (secondary N) is 2. The number of carbonyl (C=O) groups is 1. The van der Waals surface area contributed by atoms with Crippen molar-refractivity contribution in [2.75, 3.05) is 5.32 Å². The Morgan fingerprint density at radius 3 is 2.90 bits per heavy atom. The number of fused-ring (bicyclic) bond motifs is 1. The van der Waals surface area contributed by atoms with Crippen LogP contribution in [0.5, 0.6) is 0 Å². The van der Waals surface area contributed by atoms with Crippen LogP contribution < -0.4 is 5.32 Å². The van der Waals surface area contributed by atoms with Crippen LogP contribution in [0, 0.1) is 10.5 Å². The highest BCUT2D eigenvalue weighted by Gasteiger charge is 2.09. The number of nitrogens with zero attached hydrogens (tertiary/aromatic N) is 1. The molecule has 0 aliphatic carbocycles. The van der Waals surface area contributed by atoms with Gasteiger partial charge in [-0.1, -0.05) is 6.07 Å². The Morgan fingerprint density at radius 2 is 2.10 bits per heavy atom. The van der Waals surface area contributed by atoms with Crippen LogP contribution in [-0.2, 0) is 0 Å². The fraction of sp³-hybridized carbons (Fsp3) is 0.0667. The van der Waals surface area contributed by atoms with E-state index in [0.717, 1.165) is 25.7 Å². The summed E-state index contributed by atoms with van der Waals surface area (Å²) in [5.41, 5.74) is 3.35. The number of carbonyl (C=O) groups excluding carboxylic acids is 1. The fourth-order valence-corrected chi connectivity index (χ4v) is 2.69. The Hall–Kier alpha value is -1.89. The normalized spacial score (nSPS) is 10.7. The molecule has 0 aliphatic rings. The molecule has 100 valence electrons. The number of benzene rings is 2. The maximum atomic E-state index is 12.3. The summed E-state index contributed by atoms with van der Waals surface area (Å²) >= 11 is 2.25. The van der Waals surface area contributed by atoms with Gasteiger partial charge >= 0.3 is 0 Å². The van der Waals surface area contributed by atoms with Crippen molar-refractivity contribution in [3.05, 3.63) is 57.3 Å². The van der Waals surface area contributed by atoms with Crippen LogP contribution in [0.4, 0.5) is 5.69 Å². The van der Waals surface area contributed by atoms with Gasteiger partial charge in [-0.05, 0) is 65.4 Å². The molecule has 4 nitrogen and oxygen atoms in total. The molecule has 0 atom stereocenters. The molecule has 1 heterocycles. The standard InChI is InChI=1S/C15H12IN3O/c1-9-6-12(16)4-5-13(9)18-15(20)10-2-3-11-8-17-19-14(11)7-10/h2-8H,1H3,(H,17,19)(H,18,20). The van der Waals surface area contributed by atoms with E-state index in [1.165, 1.54) is 0 Å². The lowest BCUT2D eigenvalue weighted by Gasteiger charge is -2.08. The first kappa shape index (κ1) is 13.1. The Bertz CT molecular complexity index is 795. The van der Waals surface area contributed by atoms with E-state index in [4.69, 9.17) is 0 Å². The van der Waals surface area contributed by atoms with Crippen LogP contribution in [0.15, 0.2) is 42.6 Å². The second kappa shape index (κ2) is 5.24. The number of aromatic nitrogens is 2. The SMILES string of the molecule is Cc1cc(I)ccc1NC(=O)c1ccc2cn[nH]c2c1. The molecule has 0 unspecified atom stereocenters. The molecule has 3 aromatic rings. The molecular formula is C15H12IN3O. The predicted molar refractivity (Wildman–Crippen MR) is 87.9 cm³/mol. The molecule has 0 saturated heterocycles. The van der Waals surface area contributed by atoms with E-state index < -0.39 is 0 Å². The molecule has 0 bridgehead atoms. The summed E-state index contributed by atoms with van der Waals surface area (Å²) in [6.45, 7) is 1.98. The molecule has 1 amide bonds. The lowest BCUT2D eigenvalue weighted by Crippen LogP contribution is -2.12. The monoisotopic (exact) mass is 377 g/mol. The van der Waals surface area contributed by atoms with Gasteiger partial charge in [0.15, 0.2) is 0 Å². The van der Waals surface area contributed by atoms with E-state index in [9.17, 15) is 4.79 Å². The van der Waals surface area contributed by atoms with Gasteiger partial charge in [0, 0.05) is 20.2 Å². The van der Waals surface area contributed by atoms with Gasteiger partial charge in [0.05, 0.1) is 11.7 Å². The van der Waals surface area contributed by atoms with Gasteiger partial charge in [-0.15, -0.1) is 0 Å². The molecule has 2 N–H and O–H groups in total. The number of hydrogen-bond donors (Lipinski definition) is 2. The lowest BCUT2D eigenvalue weighted by atomic mass is 10.1. The van der Waals surface area contributed by atoms with E-state index in [2.05, 4.69) is 38.1 Å². The summed E-state index contributed by atoms with van der Waals surface area (Å²) in [4.78, 5) is 12.3. The number of rotatable bonds is 2. The van der Waals surface area contributed by atoms with Crippen molar-refractivity contribution in [2.24, 2.45) is 0 Å². The van der Waals surface area contributed by atoms with Gasteiger partial charge in [0.25, 0.3) is 5.91 Å². The zero-order valence-electron chi connectivity index (χ0n) is 10.8. The van der Waals surface area contributed by atoms with Crippen LogP contribution >= 0.6 is 22.6 Å². The molecule has 5 heteroatoms. The molecule has 0 fully saturated rings. The number of anilines is 1. The van der Waals surface area contributed by atoms with Gasteiger partial charge in [-0.25, -0.2) is 0 Å². The van der Waals surface area contributed by atoms with Crippen molar-refractivity contribution >= 4 is 45.1 Å². The topological polar surface area (TPSA) is 57.8 Å².